The predicted molar refractivity (Wildman–Crippen MR) is 53.4 cm³/mol. The van der Waals surface area contributed by atoms with E-state index in [1.807, 2.05) is 6.92 Å². The van der Waals surface area contributed by atoms with Gasteiger partial charge in [-0.25, -0.2) is 4.98 Å². The van der Waals surface area contributed by atoms with Gasteiger partial charge in [-0.2, -0.15) is 0 Å². The highest BCUT2D eigenvalue weighted by atomic mass is 16.1. The van der Waals surface area contributed by atoms with E-state index < -0.39 is 0 Å². The normalized spacial score (nSPS) is 10.1. The Hall–Kier alpha value is -1.36. The first-order valence-electron chi connectivity index (χ1n) is 4.73. The Morgan fingerprint density at radius 1 is 1.71 bits per heavy atom. The average Bonchev–Trinajstić information content (AvgIpc) is 2.62. The van der Waals surface area contributed by atoms with E-state index in [1.165, 1.54) is 0 Å². The molecule has 1 aromatic heterocycles. The van der Waals surface area contributed by atoms with E-state index in [-0.39, 0.29) is 5.91 Å². The molecule has 14 heavy (non-hydrogen) atoms. The molecule has 0 aliphatic heterocycles. The number of nitrogens with one attached hydrogen (secondary N) is 1. The summed E-state index contributed by atoms with van der Waals surface area (Å²) in [7, 11) is 0. The van der Waals surface area contributed by atoms with Gasteiger partial charge in [-0.05, 0) is 6.42 Å². The van der Waals surface area contributed by atoms with Gasteiger partial charge in [0.05, 0.1) is 12.0 Å². The van der Waals surface area contributed by atoms with E-state index in [0.717, 1.165) is 12.1 Å². The fourth-order valence-corrected chi connectivity index (χ4v) is 1.14. The minimum atomic E-state index is -0.000417. The van der Waals surface area contributed by atoms with Crippen molar-refractivity contribution in [3.63, 3.8) is 0 Å². The van der Waals surface area contributed by atoms with Gasteiger partial charge >= 0.3 is 0 Å². The number of amides is 1. The van der Waals surface area contributed by atoms with Crippen molar-refractivity contribution in [2.75, 3.05) is 6.54 Å². The Balaban J connectivity index is 2.47. The molecule has 0 saturated heterocycles. The van der Waals surface area contributed by atoms with Gasteiger partial charge in [0.25, 0.3) is 0 Å². The molecular formula is C9H16N4O. The van der Waals surface area contributed by atoms with Gasteiger partial charge in [-0.3, -0.25) is 4.79 Å². The van der Waals surface area contributed by atoms with E-state index in [4.69, 9.17) is 5.73 Å². The Bertz CT molecular complexity index is 295. The number of hydrogen-bond donors (Lipinski definition) is 2. The zero-order chi connectivity index (χ0) is 10.4. The maximum atomic E-state index is 11.3. The predicted octanol–water partition coefficient (Wildman–Crippen LogP) is -0.132. The summed E-state index contributed by atoms with van der Waals surface area (Å²) in [5.41, 5.74) is 6.35. The molecule has 1 rings (SSSR count). The third kappa shape index (κ3) is 2.85. The van der Waals surface area contributed by atoms with Gasteiger partial charge in [-0.1, -0.05) is 6.92 Å². The van der Waals surface area contributed by atoms with Gasteiger partial charge in [0.15, 0.2) is 0 Å². The Labute approximate surface area is 83.3 Å². The number of carbonyl (C=O) groups excluding carboxylic acids is 1. The number of imidazole rings is 1. The van der Waals surface area contributed by atoms with Gasteiger partial charge in [0.1, 0.15) is 6.54 Å². The van der Waals surface area contributed by atoms with E-state index in [9.17, 15) is 4.79 Å². The van der Waals surface area contributed by atoms with Crippen molar-refractivity contribution >= 4 is 5.91 Å². The molecule has 0 radical (unpaired) electrons. The molecule has 0 aliphatic rings. The number of rotatable bonds is 5. The number of carbonyl (C=O) groups is 1. The maximum absolute atomic E-state index is 11.3. The van der Waals surface area contributed by atoms with Crippen molar-refractivity contribution in [1.82, 2.24) is 14.9 Å². The van der Waals surface area contributed by atoms with Gasteiger partial charge in [-0.15, -0.1) is 0 Å². The van der Waals surface area contributed by atoms with E-state index >= 15 is 0 Å². The van der Waals surface area contributed by atoms with Crippen molar-refractivity contribution in [2.45, 2.75) is 26.4 Å². The molecule has 1 amide bonds. The molecule has 5 heteroatoms. The van der Waals surface area contributed by atoms with Crippen LogP contribution in [0.4, 0.5) is 0 Å². The molecule has 0 fully saturated rings. The molecular weight excluding hydrogens is 180 g/mol. The number of hydrogen-bond acceptors (Lipinski definition) is 3. The Morgan fingerprint density at radius 2 is 2.50 bits per heavy atom. The van der Waals surface area contributed by atoms with Gasteiger partial charge < -0.3 is 15.6 Å². The first-order chi connectivity index (χ1) is 6.77. The van der Waals surface area contributed by atoms with Crippen LogP contribution in [0.5, 0.6) is 0 Å². The quantitative estimate of drug-likeness (QED) is 0.689. The van der Waals surface area contributed by atoms with E-state index in [0.29, 0.717) is 19.6 Å². The zero-order valence-corrected chi connectivity index (χ0v) is 8.36. The third-order valence-electron chi connectivity index (χ3n) is 1.89. The molecule has 1 heterocycles. The molecule has 0 atom stereocenters. The lowest BCUT2D eigenvalue weighted by Crippen LogP contribution is -2.28. The Kier molecular flexibility index (Phi) is 4.12. The lowest BCUT2D eigenvalue weighted by atomic mass is 10.4. The van der Waals surface area contributed by atoms with Crippen LogP contribution in [0.15, 0.2) is 12.5 Å². The van der Waals surface area contributed by atoms with Crippen molar-refractivity contribution in [3.05, 3.63) is 18.2 Å². The molecule has 0 aromatic carbocycles. The van der Waals surface area contributed by atoms with Crippen LogP contribution in [0.3, 0.4) is 0 Å². The van der Waals surface area contributed by atoms with Crippen molar-refractivity contribution in [2.24, 2.45) is 5.73 Å². The first-order valence-corrected chi connectivity index (χ1v) is 4.73. The van der Waals surface area contributed by atoms with Crippen LogP contribution in [0, 0.1) is 0 Å². The molecule has 5 nitrogen and oxygen atoms in total. The van der Waals surface area contributed by atoms with E-state index in [1.54, 1.807) is 17.1 Å². The first kappa shape index (κ1) is 10.7. The summed E-state index contributed by atoms with van der Waals surface area (Å²) in [6.07, 6.45) is 4.24. The minimum Gasteiger partial charge on any atom is -0.355 e. The lowest BCUT2D eigenvalue weighted by Gasteiger charge is -2.06. The van der Waals surface area contributed by atoms with Crippen LogP contribution in [0.1, 0.15) is 19.0 Å². The van der Waals surface area contributed by atoms with Gasteiger partial charge in [0.2, 0.25) is 5.91 Å². The van der Waals surface area contributed by atoms with Crippen molar-refractivity contribution in [3.8, 4) is 0 Å². The summed E-state index contributed by atoms with van der Waals surface area (Å²) in [5, 5.41) is 2.79. The number of nitrogens with zero attached hydrogens (tertiary/aromatic N) is 2. The maximum Gasteiger partial charge on any atom is 0.239 e. The molecule has 78 valence electrons. The SMILES string of the molecule is CCCNC(=O)Cn1cncc1CN. The average molecular weight is 196 g/mol. The Morgan fingerprint density at radius 3 is 3.14 bits per heavy atom. The smallest absolute Gasteiger partial charge is 0.239 e. The van der Waals surface area contributed by atoms with Crippen molar-refractivity contribution in [1.29, 1.82) is 0 Å². The minimum absolute atomic E-state index is 0.000417. The second-order valence-corrected chi connectivity index (χ2v) is 3.07. The molecule has 0 unspecified atom stereocenters. The fraction of sp³-hybridized carbons (Fsp3) is 0.556. The highest BCUT2D eigenvalue weighted by molar-refractivity contribution is 5.75. The molecule has 0 bridgehead atoms. The fourth-order valence-electron chi connectivity index (χ4n) is 1.14. The zero-order valence-electron chi connectivity index (χ0n) is 8.36. The van der Waals surface area contributed by atoms with Crippen LogP contribution >= 0.6 is 0 Å². The van der Waals surface area contributed by atoms with Gasteiger partial charge in [0, 0.05) is 19.3 Å². The summed E-state index contributed by atoms with van der Waals surface area (Å²) in [5.74, 6) is -0.000417. The highest BCUT2D eigenvalue weighted by Gasteiger charge is 2.04. The molecule has 3 N–H and O–H groups in total. The summed E-state index contributed by atoms with van der Waals surface area (Å²) in [4.78, 5) is 15.3. The molecule has 1 aromatic rings. The van der Waals surface area contributed by atoms with Crippen molar-refractivity contribution < 1.29 is 4.79 Å². The number of aromatic nitrogens is 2. The topological polar surface area (TPSA) is 72.9 Å². The standard InChI is InChI=1S/C9H16N4O/c1-2-3-12-9(14)6-13-7-11-5-8(13)4-10/h5,7H,2-4,6,10H2,1H3,(H,12,14). The monoisotopic (exact) mass is 196 g/mol. The largest absolute Gasteiger partial charge is 0.355 e. The van der Waals surface area contributed by atoms with E-state index in [2.05, 4.69) is 10.3 Å². The second kappa shape index (κ2) is 5.39. The van der Waals surface area contributed by atoms with Crippen LogP contribution in [-0.4, -0.2) is 22.0 Å². The van der Waals surface area contributed by atoms with Crippen LogP contribution in [0.25, 0.3) is 0 Å². The summed E-state index contributed by atoms with van der Waals surface area (Å²) >= 11 is 0. The summed E-state index contributed by atoms with van der Waals surface area (Å²) in [6, 6.07) is 0. The molecule has 0 spiro atoms. The highest BCUT2D eigenvalue weighted by Crippen LogP contribution is 1.96. The number of nitrogens with two attached hydrogens (primary N) is 1. The molecule has 0 saturated carbocycles. The third-order valence-corrected chi connectivity index (χ3v) is 1.89. The van der Waals surface area contributed by atoms with Crippen LogP contribution < -0.4 is 11.1 Å². The summed E-state index contributed by atoms with van der Waals surface area (Å²) in [6.45, 7) is 3.43. The second-order valence-electron chi connectivity index (χ2n) is 3.07. The lowest BCUT2D eigenvalue weighted by molar-refractivity contribution is -0.121. The van der Waals surface area contributed by atoms with Crippen LogP contribution in [-0.2, 0) is 17.9 Å². The molecule has 0 aliphatic carbocycles. The van der Waals surface area contributed by atoms with Crippen LogP contribution in [0.2, 0.25) is 0 Å². The summed E-state index contributed by atoms with van der Waals surface area (Å²) < 4.78 is 1.75.